The van der Waals surface area contributed by atoms with Gasteiger partial charge in [0.05, 0.1) is 29.6 Å². The van der Waals surface area contributed by atoms with Gasteiger partial charge in [-0.1, -0.05) is 24.3 Å². The molecule has 3 aromatic heterocycles. The number of carbonyl (C=O) groups excluding carboxylic acids is 1. The van der Waals surface area contributed by atoms with E-state index in [-0.39, 0.29) is 5.91 Å². The van der Waals surface area contributed by atoms with Crippen molar-refractivity contribution in [2.75, 3.05) is 31.3 Å². The van der Waals surface area contributed by atoms with E-state index in [1.54, 1.807) is 43.7 Å². The van der Waals surface area contributed by atoms with Crippen molar-refractivity contribution < 1.29 is 8.91 Å². The minimum Gasteiger partial charge on any atom is -0.350 e. The van der Waals surface area contributed by atoms with Crippen molar-refractivity contribution in [2.45, 2.75) is 13.5 Å². The Balaban J connectivity index is 1.52. The molecule has 2 aromatic carbocycles. The third kappa shape index (κ3) is 5.07. The highest BCUT2D eigenvalue weighted by molar-refractivity contribution is 6.06. The van der Waals surface area contributed by atoms with E-state index in [0.717, 1.165) is 22.8 Å². The highest BCUT2D eigenvalue weighted by Gasteiger charge is 2.14. The SMILES string of the molecule is [2H]C([2H])([2H])n1cc(-c2ccnc(Nc3cc(NC(=O)/C=C/C)c4c(cnn4CCN(C)C)c3)n2)c2ccccc21. The van der Waals surface area contributed by atoms with Crippen LogP contribution >= 0.6 is 0 Å². The van der Waals surface area contributed by atoms with E-state index in [1.165, 1.54) is 10.6 Å². The van der Waals surface area contributed by atoms with Crippen molar-refractivity contribution in [3.05, 3.63) is 73.2 Å². The van der Waals surface area contributed by atoms with Crippen LogP contribution in [0.5, 0.6) is 0 Å². The quantitative estimate of drug-likeness (QED) is 0.299. The molecule has 1 amide bonds. The van der Waals surface area contributed by atoms with Crippen LogP contribution < -0.4 is 10.6 Å². The summed E-state index contributed by atoms with van der Waals surface area (Å²) in [6.45, 7) is 0.906. The van der Waals surface area contributed by atoms with Gasteiger partial charge in [-0.05, 0) is 51.4 Å². The number of nitrogens with zero attached hydrogens (tertiary/aromatic N) is 6. The first-order valence-electron chi connectivity index (χ1n) is 13.4. The number of hydrogen-bond donors (Lipinski definition) is 2. The Morgan fingerprint density at radius 2 is 2.08 bits per heavy atom. The second-order valence-electron chi connectivity index (χ2n) is 8.94. The molecule has 0 unspecified atom stereocenters. The first-order chi connectivity index (χ1) is 19.1. The van der Waals surface area contributed by atoms with Crippen LogP contribution in [0.2, 0.25) is 0 Å². The summed E-state index contributed by atoms with van der Waals surface area (Å²) in [5.41, 5.74) is 3.96. The number of carbonyl (C=O) groups is 1. The topological polar surface area (TPSA) is 92.9 Å². The van der Waals surface area contributed by atoms with Gasteiger partial charge in [-0.2, -0.15) is 5.10 Å². The van der Waals surface area contributed by atoms with Gasteiger partial charge in [0.1, 0.15) is 0 Å². The third-order valence-corrected chi connectivity index (χ3v) is 5.97. The molecule has 0 bridgehead atoms. The van der Waals surface area contributed by atoms with Gasteiger partial charge in [0, 0.05) is 57.6 Å². The maximum Gasteiger partial charge on any atom is 0.248 e. The lowest BCUT2D eigenvalue weighted by Crippen LogP contribution is -2.19. The smallest absolute Gasteiger partial charge is 0.248 e. The number of nitrogens with one attached hydrogen (secondary N) is 2. The van der Waals surface area contributed by atoms with Crippen LogP contribution in [0.15, 0.2) is 73.2 Å². The number of anilines is 3. The van der Waals surface area contributed by atoms with E-state index in [0.29, 0.717) is 40.6 Å². The van der Waals surface area contributed by atoms with Gasteiger partial charge in [-0.25, -0.2) is 9.97 Å². The van der Waals surface area contributed by atoms with Gasteiger partial charge < -0.3 is 20.1 Å². The molecule has 5 aromatic rings. The molecule has 37 heavy (non-hydrogen) atoms. The van der Waals surface area contributed by atoms with Crippen molar-refractivity contribution in [1.82, 2.24) is 29.2 Å². The lowest BCUT2D eigenvalue weighted by Gasteiger charge is -2.14. The Morgan fingerprint density at radius 3 is 2.89 bits per heavy atom. The Hall–Kier alpha value is -4.50. The van der Waals surface area contributed by atoms with Gasteiger partial charge in [-0.15, -0.1) is 0 Å². The molecular formula is C28H30N8O. The molecule has 0 fully saturated rings. The number of fused-ring (bicyclic) bond motifs is 2. The number of likely N-dealkylation sites (N-methyl/N-ethyl adjacent to an activating group) is 1. The Labute approximate surface area is 219 Å². The number of aromatic nitrogens is 5. The van der Waals surface area contributed by atoms with Crippen molar-refractivity contribution in [3.8, 4) is 11.3 Å². The molecule has 0 saturated carbocycles. The summed E-state index contributed by atoms with van der Waals surface area (Å²) in [7, 11) is 3.99. The van der Waals surface area contributed by atoms with E-state index in [2.05, 4.69) is 25.6 Å². The molecule has 2 N–H and O–H groups in total. The highest BCUT2D eigenvalue weighted by Crippen LogP contribution is 2.32. The zero-order chi connectivity index (χ0) is 28.4. The van der Waals surface area contributed by atoms with Gasteiger partial charge in [0.15, 0.2) is 0 Å². The second kappa shape index (κ2) is 10.2. The summed E-state index contributed by atoms with van der Waals surface area (Å²) in [6.07, 6.45) is 8.14. The predicted molar refractivity (Wildman–Crippen MR) is 149 cm³/mol. The Bertz CT molecular complexity index is 1720. The van der Waals surface area contributed by atoms with Crippen molar-refractivity contribution >= 4 is 45.0 Å². The highest BCUT2D eigenvalue weighted by atomic mass is 16.1. The lowest BCUT2D eigenvalue weighted by atomic mass is 10.1. The first kappa shape index (κ1) is 20.7. The molecule has 9 nitrogen and oxygen atoms in total. The van der Waals surface area contributed by atoms with Gasteiger partial charge >= 0.3 is 0 Å². The van der Waals surface area contributed by atoms with Crippen LogP contribution in [0.4, 0.5) is 17.3 Å². The average molecular weight is 498 g/mol. The van der Waals surface area contributed by atoms with E-state index in [9.17, 15) is 4.79 Å². The molecule has 0 radical (unpaired) electrons. The van der Waals surface area contributed by atoms with Crippen molar-refractivity contribution in [1.29, 1.82) is 0 Å². The molecule has 0 aliphatic heterocycles. The van der Waals surface area contributed by atoms with Crippen molar-refractivity contribution in [2.24, 2.45) is 6.98 Å². The number of benzene rings is 2. The summed E-state index contributed by atoms with van der Waals surface area (Å²) in [4.78, 5) is 23.6. The van der Waals surface area contributed by atoms with Crippen LogP contribution in [0.1, 0.15) is 11.0 Å². The number of amides is 1. The Morgan fingerprint density at radius 1 is 1.22 bits per heavy atom. The van der Waals surface area contributed by atoms with Gasteiger partial charge in [0.2, 0.25) is 11.9 Å². The summed E-state index contributed by atoms with van der Waals surface area (Å²) >= 11 is 0. The molecule has 0 spiro atoms. The van der Waals surface area contributed by atoms with E-state index in [1.807, 2.05) is 49.1 Å². The normalized spacial score (nSPS) is 13.2. The second-order valence-corrected chi connectivity index (χ2v) is 8.94. The van der Waals surface area contributed by atoms with E-state index < -0.39 is 6.98 Å². The average Bonchev–Trinajstić information content (AvgIpc) is 3.50. The summed E-state index contributed by atoms with van der Waals surface area (Å²) < 4.78 is 27.0. The predicted octanol–water partition coefficient (Wildman–Crippen LogP) is 4.80. The first-order valence-corrected chi connectivity index (χ1v) is 11.9. The fraction of sp³-hybridized carbons (Fsp3) is 0.214. The largest absolute Gasteiger partial charge is 0.350 e. The minimum atomic E-state index is -2.33. The number of hydrogen-bond acceptors (Lipinski definition) is 6. The molecular weight excluding hydrogens is 464 g/mol. The van der Waals surface area contributed by atoms with Crippen LogP contribution in [-0.2, 0) is 18.3 Å². The number of para-hydroxylation sites is 1. The lowest BCUT2D eigenvalue weighted by molar-refractivity contribution is -0.111. The minimum absolute atomic E-state index is 0.245. The number of aryl methyl sites for hydroxylation is 1. The van der Waals surface area contributed by atoms with Crippen LogP contribution in [0.3, 0.4) is 0 Å². The zero-order valence-electron chi connectivity index (χ0n) is 23.9. The van der Waals surface area contributed by atoms with Crippen LogP contribution in [0, 0.1) is 0 Å². The number of rotatable bonds is 8. The monoisotopic (exact) mass is 497 g/mol. The third-order valence-electron chi connectivity index (χ3n) is 5.97. The van der Waals surface area contributed by atoms with Gasteiger partial charge in [-0.3, -0.25) is 9.48 Å². The molecule has 3 heterocycles. The molecule has 0 atom stereocenters. The van der Waals surface area contributed by atoms with Gasteiger partial charge in [0.25, 0.3) is 0 Å². The zero-order valence-corrected chi connectivity index (χ0v) is 20.9. The summed E-state index contributed by atoms with van der Waals surface area (Å²) in [5, 5.41) is 12.4. The van der Waals surface area contributed by atoms with E-state index >= 15 is 0 Å². The molecule has 5 rings (SSSR count). The molecule has 0 aliphatic rings. The Kier molecular flexibility index (Phi) is 5.72. The fourth-order valence-corrected chi connectivity index (χ4v) is 4.27. The van der Waals surface area contributed by atoms with Crippen LogP contribution in [-0.4, -0.2) is 55.8 Å². The molecule has 9 heteroatoms. The van der Waals surface area contributed by atoms with Crippen molar-refractivity contribution in [3.63, 3.8) is 0 Å². The summed E-state index contributed by atoms with van der Waals surface area (Å²) in [6, 6.07) is 12.8. The standard InChI is InChI=1S/C28H30N8O/c1-5-8-26(37)32-24-16-20(15-19-17-30-36(27(19)24)14-13-34(2)3)31-28-29-12-11-23(33-28)22-18-35(4)25-10-7-6-9-21(22)25/h5-12,15-18H,13-14H2,1-4H3,(H,32,37)(H,29,31,33)/b8-5+/i4D3. The maximum absolute atomic E-state index is 12.5. The summed E-state index contributed by atoms with van der Waals surface area (Å²) in [5.74, 6) is 0.0819. The molecule has 0 aliphatic carbocycles. The fourth-order valence-electron chi connectivity index (χ4n) is 4.27. The molecule has 0 saturated heterocycles. The number of allylic oxidation sites excluding steroid dienone is 1. The maximum atomic E-state index is 12.5. The molecule has 188 valence electrons. The van der Waals surface area contributed by atoms with Crippen LogP contribution in [0.25, 0.3) is 33.1 Å². The van der Waals surface area contributed by atoms with E-state index in [4.69, 9.17) is 9.10 Å².